The van der Waals surface area contributed by atoms with Crippen molar-refractivity contribution in [3.63, 3.8) is 0 Å². The number of hydrogen-bond acceptors (Lipinski definition) is 2. The van der Waals surface area contributed by atoms with Crippen LogP contribution in [0.4, 0.5) is 0 Å². The van der Waals surface area contributed by atoms with Crippen molar-refractivity contribution in [2.24, 2.45) is 5.92 Å². The molecule has 0 bridgehead atoms. The van der Waals surface area contributed by atoms with Gasteiger partial charge in [-0.3, -0.25) is 0 Å². The summed E-state index contributed by atoms with van der Waals surface area (Å²) in [6, 6.07) is 0. The molecule has 0 amide bonds. The lowest BCUT2D eigenvalue weighted by molar-refractivity contribution is -0.147. The number of carboxylic acid groups (broad SMARTS) is 1. The summed E-state index contributed by atoms with van der Waals surface area (Å²) in [5.74, 6) is -0.903. The van der Waals surface area contributed by atoms with E-state index in [-0.39, 0.29) is 18.3 Å². The number of carbonyl (C=O) groups is 1. The lowest BCUT2D eigenvalue weighted by atomic mass is 10.1. The van der Waals surface area contributed by atoms with Gasteiger partial charge in [0.25, 0.3) is 0 Å². The Kier molecular flexibility index (Phi) is 6.82. The van der Waals surface area contributed by atoms with Crippen LogP contribution in [0.1, 0.15) is 20.3 Å². The molecule has 0 aromatic heterocycles. The average Bonchev–Trinajstić information content (AvgIpc) is 1.63. The number of rotatable bonds is 3. The molecule has 0 radical (unpaired) electrons. The van der Waals surface area contributed by atoms with Gasteiger partial charge in [-0.1, -0.05) is 13.8 Å². The van der Waals surface area contributed by atoms with Crippen molar-refractivity contribution < 1.29 is 15.0 Å². The molecular formula is C6H13ClO3. The van der Waals surface area contributed by atoms with E-state index in [0.717, 1.165) is 0 Å². The summed E-state index contributed by atoms with van der Waals surface area (Å²) in [5, 5.41) is 16.9. The zero-order chi connectivity index (χ0) is 7.44. The SMILES string of the molecule is CC(C)C[C@H](O)C(=O)O.Cl. The molecule has 0 heterocycles. The molecule has 0 aliphatic carbocycles. The number of carboxylic acids is 1. The molecule has 0 aliphatic heterocycles. The first kappa shape index (κ1) is 12.4. The van der Waals surface area contributed by atoms with Gasteiger partial charge in [0.15, 0.2) is 6.10 Å². The molecule has 0 aliphatic rings. The van der Waals surface area contributed by atoms with Crippen LogP contribution in [0.25, 0.3) is 0 Å². The van der Waals surface area contributed by atoms with Crippen LogP contribution in [0.3, 0.4) is 0 Å². The zero-order valence-electron chi connectivity index (χ0n) is 6.07. The Hall–Kier alpha value is -0.280. The van der Waals surface area contributed by atoms with Crippen LogP contribution < -0.4 is 0 Å². The Bertz CT molecular complexity index is 103. The summed E-state index contributed by atoms with van der Waals surface area (Å²) in [7, 11) is 0. The number of aliphatic hydroxyl groups is 1. The minimum Gasteiger partial charge on any atom is -0.479 e. The fourth-order valence-electron chi connectivity index (χ4n) is 0.547. The fraction of sp³-hybridized carbons (Fsp3) is 0.833. The lowest BCUT2D eigenvalue weighted by Gasteiger charge is -2.06. The Balaban J connectivity index is 0. The van der Waals surface area contributed by atoms with Gasteiger partial charge in [-0.25, -0.2) is 4.79 Å². The van der Waals surface area contributed by atoms with Gasteiger partial charge >= 0.3 is 5.97 Å². The highest BCUT2D eigenvalue weighted by Crippen LogP contribution is 2.03. The molecule has 0 aromatic carbocycles. The van der Waals surface area contributed by atoms with E-state index >= 15 is 0 Å². The van der Waals surface area contributed by atoms with Crippen LogP contribution in [0.15, 0.2) is 0 Å². The Labute approximate surface area is 66.5 Å². The molecule has 3 nitrogen and oxygen atoms in total. The predicted molar refractivity (Wildman–Crippen MR) is 40.3 cm³/mol. The van der Waals surface area contributed by atoms with Crippen LogP contribution in [0.2, 0.25) is 0 Å². The van der Waals surface area contributed by atoms with Crippen LogP contribution in [0, 0.1) is 5.92 Å². The Morgan fingerprint density at radius 2 is 1.90 bits per heavy atom. The summed E-state index contributed by atoms with van der Waals surface area (Å²) < 4.78 is 0. The highest BCUT2D eigenvalue weighted by molar-refractivity contribution is 5.85. The monoisotopic (exact) mass is 168 g/mol. The first-order valence-corrected chi connectivity index (χ1v) is 2.95. The molecule has 0 spiro atoms. The van der Waals surface area contributed by atoms with Crippen molar-refractivity contribution in [3.05, 3.63) is 0 Å². The van der Waals surface area contributed by atoms with E-state index in [0.29, 0.717) is 6.42 Å². The van der Waals surface area contributed by atoms with Gasteiger partial charge < -0.3 is 10.2 Å². The van der Waals surface area contributed by atoms with Crippen LogP contribution in [0.5, 0.6) is 0 Å². The third-order valence-corrected chi connectivity index (χ3v) is 0.980. The standard InChI is InChI=1S/C6H12O3.ClH/c1-4(2)3-5(7)6(8)9;/h4-5,7H,3H2,1-2H3,(H,8,9);1H/t5-;/m0./s1. The number of hydrogen-bond donors (Lipinski definition) is 2. The lowest BCUT2D eigenvalue weighted by Crippen LogP contribution is -2.21. The fourth-order valence-corrected chi connectivity index (χ4v) is 0.547. The number of aliphatic hydroxyl groups excluding tert-OH is 1. The smallest absolute Gasteiger partial charge is 0.332 e. The van der Waals surface area contributed by atoms with Crippen LogP contribution >= 0.6 is 12.4 Å². The maximum Gasteiger partial charge on any atom is 0.332 e. The van der Waals surface area contributed by atoms with Gasteiger partial charge in [0.05, 0.1) is 0 Å². The Morgan fingerprint density at radius 3 is 2.00 bits per heavy atom. The first-order chi connectivity index (χ1) is 4.04. The highest BCUT2D eigenvalue weighted by atomic mass is 35.5. The molecule has 62 valence electrons. The van der Waals surface area contributed by atoms with E-state index < -0.39 is 12.1 Å². The normalized spacial score (nSPS) is 12.4. The third kappa shape index (κ3) is 5.85. The van der Waals surface area contributed by atoms with Crippen LogP contribution in [-0.2, 0) is 4.79 Å². The molecule has 0 unspecified atom stereocenters. The maximum atomic E-state index is 9.98. The summed E-state index contributed by atoms with van der Waals surface area (Å²) in [4.78, 5) is 9.98. The molecule has 0 saturated carbocycles. The summed E-state index contributed by atoms with van der Waals surface area (Å²) in [6.45, 7) is 3.73. The van der Waals surface area contributed by atoms with Gasteiger partial charge in [-0.05, 0) is 12.3 Å². The highest BCUT2D eigenvalue weighted by Gasteiger charge is 2.13. The van der Waals surface area contributed by atoms with E-state index in [1.165, 1.54) is 0 Å². The molecule has 2 N–H and O–H groups in total. The Morgan fingerprint density at radius 1 is 1.50 bits per heavy atom. The quantitative estimate of drug-likeness (QED) is 0.659. The predicted octanol–water partition coefficient (Wildman–Crippen LogP) is 0.900. The summed E-state index contributed by atoms with van der Waals surface area (Å²) in [6.07, 6.45) is -0.861. The molecule has 10 heavy (non-hydrogen) atoms. The maximum absolute atomic E-state index is 9.98. The average molecular weight is 169 g/mol. The second-order valence-electron chi connectivity index (χ2n) is 2.48. The second kappa shape index (κ2) is 5.50. The molecular weight excluding hydrogens is 156 g/mol. The minimum absolute atomic E-state index is 0. The van der Waals surface area contributed by atoms with E-state index in [4.69, 9.17) is 10.2 Å². The van der Waals surface area contributed by atoms with Gasteiger partial charge in [0.1, 0.15) is 0 Å². The number of aliphatic carboxylic acids is 1. The zero-order valence-corrected chi connectivity index (χ0v) is 6.89. The van der Waals surface area contributed by atoms with Crippen molar-refractivity contribution >= 4 is 18.4 Å². The van der Waals surface area contributed by atoms with Gasteiger partial charge in [0.2, 0.25) is 0 Å². The minimum atomic E-state index is -1.19. The van der Waals surface area contributed by atoms with Gasteiger partial charge in [-0.15, -0.1) is 12.4 Å². The first-order valence-electron chi connectivity index (χ1n) is 2.95. The molecule has 0 saturated heterocycles. The number of halogens is 1. The largest absolute Gasteiger partial charge is 0.479 e. The van der Waals surface area contributed by atoms with Crippen molar-refractivity contribution in [2.75, 3.05) is 0 Å². The van der Waals surface area contributed by atoms with Gasteiger partial charge in [-0.2, -0.15) is 0 Å². The molecule has 0 fully saturated rings. The molecule has 4 heteroatoms. The summed E-state index contributed by atoms with van der Waals surface area (Å²) >= 11 is 0. The summed E-state index contributed by atoms with van der Waals surface area (Å²) in [5.41, 5.74) is 0. The van der Waals surface area contributed by atoms with Crippen LogP contribution in [-0.4, -0.2) is 22.3 Å². The van der Waals surface area contributed by atoms with Crippen molar-refractivity contribution in [1.29, 1.82) is 0 Å². The van der Waals surface area contributed by atoms with Crippen molar-refractivity contribution in [1.82, 2.24) is 0 Å². The molecule has 0 aromatic rings. The topological polar surface area (TPSA) is 57.5 Å². The third-order valence-electron chi connectivity index (χ3n) is 0.980. The van der Waals surface area contributed by atoms with Crippen molar-refractivity contribution in [2.45, 2.75) is 26.4 Å². The van der Waals surface area contributed by atoms with Crippen molar-refractivity contribution in [3.8, 4) is 0 Å². The van der Waals surface area contributed by atoms with E-state index in [1.807, 2.05) is 13.8 Å². The van der Waals surface area contributed by atoms with E-state index in [2.05, 4.69) is 0 Å². The van der Waals surface area contributed by atoms with E-state index in [1.54, 1.807) is 0 Å². The van der Waals surface area contributed by atoms with E-state index in [9.17, 15) is 4.79 Å². The molecule has 1 atom stereocenters. The second-order valence-corrected chi connectivity index (χ2v) is 2.48. The van der Waals surface area contributed by atoms with Gasteiger partial charge in [0, 0.05) is 0 Å². The molecule has 0 rings (SSSR count).